The number of ether oxygens (including phenoxy) is 2. The molecule has 2 heterocycles. The van der Waals surface area contributed by atoms with Crippen LogP contribution in [0.5, 0.6) is 11.6 Å². The first-order valence-corrected chi connectivity index (χ1v) is 9.75. The smallest absolute Gasteiger partial charge is 0.405 e. The molecule has 0 radical (unpaired) electrons. The molecule has 6 nitrogen and oxygen atoms in total. The van der Waals surface area contributed by atoms with Gasteiger partial charge in [0.15, 0.2) is 0 Å². The number of halogens is 5. The number of nitrogens with zero attached hydrogens (tertiary/aromatic N) is 1. The van der Waals surface area contributed by atoms with Gasteiger partial charge in [0, 0.05) is 22.8 Å². The molecule has 0 unspecified atom stereocenters. The van der Waals surface area contributed by atoms with Crippen molar-refractivity contribution in [3.8, 4) is 11.6 Å². The maximum atomic E-state index is 12.9. The number of pyridine rings is 2. The largest absolute Gasteiger partial charge is 0.497 e. The molecule has 0 amide bonds. The van der Waals surface area contributed by atoms with E-state index in [1.807, 2.05) is 6.07 Å². The number of H-pyrrole nitrogens is 1. The minimum Gasteiger partial charge on any atom is -0.497 e. The van der Waals surface area contributed by atoms with Crippen molar-refractivity contribution in [3.63, 3.8) is 0 Å². The Morgan fingerprint density at radius 2 is 1.71 bits per heavy atom. The van der Waals surface area contributed by atoms with Crippen molar-refractivity contribution in [1.82, 2.24) is 9.97 Å². The molecule has 0 aliphatic rings. The molecule has 11 heteroatoms. The summed E-state index contributed by atoms with van der Waals surface area (Å²) in [5.74, 6) is 0.986. The summed E-state index contributed by atoms with van der Waals surface area (Å²) >= 11 is 0. The van der Waals surface area contributed by atoms with E-state index in [2.05, 4.69) is 15.3 Å². The molecule has 2 N–H and O–H groups in total. The van der Waals surface area contributed by atoms with Crippen molar-refractivity contribution < 1.29 is 22.6 Å². The van der Waals surface area contributed by atoms with E-state index in [-0.39, 0.29) is 42.6 Å². The van der Waals surface area contributed by atoms with Gasteiger partial charge in [-0.05, 0) is 41.3 Å². The average Bonchev–Trinajstić information content (AvgIpc) is 2.78. The summed E-state index contributed by atoms with van der Waals surface area (Å²) in [7, 11) is 2.98. The Bertz CT molecular complexity index is 1360. The number of hydrogen-bond donors (Lipinski definition) is 2. The molecule has 0 atom stereocenters. The van der Waals surface area contributed by atoms with Crippen molar-refractivity contribution in [1.29, 1.82) is 0 Å². The molecule has 182 valence electrons. The highest BCUT2D eigenvalue weighted by Crippen LogP contribution is 2.30. The number of nitrogens with one attached hydrogen (secondary N) is 2. The topological polar surface area (TPSA) is 76.2 Å². The molecule has 0 saturated carbocycles. The monoisotopic (exact) mass is 515 g/mol. The third-order valence-corrected chi connectivity index (χ3v) is 5.13. The van der Waals surface area contributed by atoms with Crippen LogP contribution in [0, 0.1) is 0 Å². The summed E-state index contributed by atoms with van der Waals surface area (Å²) < 4.78 is 49.2. The molecule has 0 saturated heterocycles. The molecule has 0 fully saturated rings. The number of rotatable bonds is 6. The van der Waals surface area contributed by atoms with E-state index in [1.54, 1.807) is 42.5 Å². The molecule has 0 aliphatic heterocycles. The first kappa shape index (κ1) is 27.1. The van der Waals surface area contributed by atoms with Crippen LogP contribution in [0.25, 0.3) is 21.7 Å². The van der Waals surface area contributed by atoms with Crippen LogP contribution >= 0.6 is 24.8 Å². The highest BCUT2D eigenvalue weighted by atomic mass is 35.5. The van der Waals surface area contributed by atoms with E-state index in [0.29, 0.717) is 44.4 Å². The van der Waals surface area contributed by atoms with Crippen LogP contribution in [0.1, 0.15) is 11.1 Å². The van der Waals surface area contributed by atoms with Crippen LogP contribution in [0.3, 0.4) is 0 Å². The Balaban J connectivity index is 0.00000204. The lowest BCUT2D eigenvalue weighted by atomic mass is 9.99. The summed E-state index contributed by atoms with van der Waals surface area (Å²) in [4.78, 5) is 19.9. The molecule has 4 rings (SSSR count). The van der Waals surface area contributed by atoms with E-state index in [9.17, 15) is 18.0 Å². The van der Waals surface area contributed by atoms with Gasteiger partial charge >= 0.3 is 6.18 Å². The van der Waals surface area contributed by atoms with Gasteiger partial charge in [0.2, 0.25) is 5.88 Å². The van der Waals surface area contributed by atoms with Gasteiger partial charge in [0.1, 0.15) is 18.1 Å². The second-order valence-electron chi connectivity index (χ2n) is 7.21. The predicted octanol–water partition coefficient (Wildman–Crippen LogP) is 5.50. The molecule has 2 aromatic heterocycles. The van der Waals surface area contributed by atoms with E-state index < -0.39 is 12.7 Å². The first-order valence-electron chi connectivity index (χ1n) is 9.75. The Morgan fingerprint density at radius 1 is 1.00 bits per heavy atom. The standard InChI is InChI=1S/C23H20F3N3O3.2ClH/c1-31-15-7-8-19-13(10-15)9-14(20(28-19)27-12-23(24,25)26)11-18-16-5-3-4-6-17(16)22(32-2)29-21(18)30;;/h3-10H,11-12H2,1-2H3,(H,27,28)(H,29,30);2*1H. The summed E-state index contributed by atoms with van der Waals surface area (Å²) in [5.41, 5.74) is 0.983. The molecule has 34 heavy (non-hydrogen) atoms. The zero-order valence-corrected chi connectivity index (χ0v) is 19.8. The fraction of sp³-hybridized carbons (Fsp3) is 0.217. The summed E-state index contributed by atoms with van der Waals surface area (Å²) in [6, 6.07) is 14.0. The van der Waals surface area contributed by atoms with Crippen LogP contribution in [0.4, 0.5) is 19.0 Å². The normalized spacial score (nSPS) is 11.0. The molecule has 0 aliphatic carbocycles. The van der Waals surface area contributed by atoms with Crippen molar-refractivity contribution in [2.24, 2.45) is 0 Å². The van der Waals surface area contributed by atoms with Crippen molar-refractivity contribution in [3.05, 3.63) is 70.0 Å². The van der Waals surface area contributed by atoms with E-state index in [4.69, 9.17) is 9.47 Å². The van der Waals surface area contributed by atoms with Gasteiger partial charge in [-0.15, -0.1) is 24.8 Å². The maximum absolute atomic E-state index is 12.9. The molecule has 0 bridgehead atoms. The van der Waals surface area contributed by atoms with Crippen LogP contribution in [-0.4, -0.2) is 36.9 Å². The quantitative estimate of drug-likeness (QED) is 0.354. The minimum atomic E-state index is -4.42. The Labute approximate surface area is 205 Å². The lowest BCUT2D eigenvalue weighted by Gasteiger charge is -2.16. The SMILES string of the molecule is COc1ccc2nc(NCC(F)(F)F)c(Cc3c(=O)[nH]c(OC)c4ccccc34)cc2c1.Cl.Cl. The van der Waals surface area contributed by atoms with Crippen molar-refractivity contribution in [2.75, 3.05) is 26.1 Å². The summed E-state index contributed by atoms with van der Waals surface area (Å²) in [5, 5.41) is 4.42. The second-order valence-corrected chi connectivity index (χ2v) is 7.21. The Hall–Kier alpha value is -3.17. The Kier molecular flexibility index (Phi) is 8.63. The van der Waals surface area contributed by atoms with Crippen LogP contribution in [0.2, 0.25) is 0 Å². The van der Waals surface area contributed by atoms with Crippen molar-refractivity contribution in [2.45, 2.75) is 12.6 Å². The maximum Gasteiger partial charge on any atom is 0.405 e. The highest BCUT2D eigenvalue weighted by molar-refractivity contribution is 5.90. The van der Waals surface area contributed by atoms with Gasteiger partial charge in [-0.2, -0.15) is 13.2 Å². The fourth-order valence-electron chi connectivity index (χ4n) is 3.64. The molecular weight excluding hydrogens is 494 g/mol. The predicted molar refractivity (Wildman–Crippen MR) is 131 cm³/mol. The number of benzene rings is 2. The number of alkyl halides is 3. The zero-order chi connectivity index (χ0) is 22.9. The fourth-order valence-corrected chi connectivity index (χ4v) is 3.64. The van der Waals surface area contributed by atoms with E-state index >= 15 is 0 Å². The van der Waals surface area contributed by atoms with Crippen LogP contribution in [0.15, 0.2) is 53.3 Å². The van der Waals surface area contributed by atoms with Gasteiger partial charge in [-0.25, -0.2) is 4.98 Å². The van der Waals surface area contributed by atoms with Gasteiger partial charge in [0.05, 0.1) is 19.7 Å². The van der Waals surface area contributed by atoms with Gasteiger partial charge in [-0.1, -0.05) is 18.2 Å². The number of aromatic nitrogens is 2. The summed E-state index contributed by atoms with van der Waals surface area (Å²) in [6.45, 7) is -1.24. The molecule has 4 aromatic rings. The second kappa shape index (κ2) is 10.8. The molecule has 2 aromatic carbocycles. The van der Waals surface area contributed by atoms with E-state index in [1.165, 1.54) is 14.2 Å². The lowest BCUT2D eigenvalue weighted by Crippen LogP contribution is -2.23. The number of methoxy groups -OCH3 is 2. The molecule has 0 spiro atoms. The number of hydrogen-bond acceptors (Lipinski definition) is 5. The third kappa shape index (κ3) is 5.66. The van der Waals surface area contributed by atoms with Gasteiger partial charge in [0.25, 0.3) is 5.56 Å². The average molecular weight is 516 g/mol. The number of aromatic amines is 1. The van der Waals surface area contributed by atoms with Gasteiger partial charge < -0.3 is 14.8 Å². The third-order valence-electron chi connectivity index (χ3n) is 5.13. The van der Waals surface area contributed by atoms with Crippen molar-refractivity contribution >= 4 is 52.3 Å². The Morgan fingerprint density at radius 3 is 2.35 bits per heavy atom. The van der Waals surface area contributed by atoms with E-state index in [0.717, 1.165) is 0 Å². The highest BCUT2D eigenvalue weighted by Gasteiger charge is 2.27. The lowest BCUT2D eigenvalue weighted by molar-refractivity contribution is -0.115. The van der Waals surface area contributed by atoms with Crippen LogP contribution < -0.4 is 20.3 Å². The first-order chi connectivity index (χ1) is 15.3. The minimum absolute atomic E-state index is 0. The van der Waals surface area contributed by atoms with Gasteiger partial charge in [-0.3, -0.25) is 9.78 Å². The summed E-state index contributed by atoms with van der Waals surface area (Å²) in [6.07, 6.45) is -4.35. The molecular formula is C23H22Cl2F3N3O3. The van der Waals surface area contributed by atoms with Crippen LogP contribution in [-0.2, 0) is 6.42 Å². The number of anilines is 1. The number of fused-ring (bicyclic) bond motifs is 2. The zero-order valence-electron chi connectivity index (χ0n) is 18.2.